The monoisotopic (exact) mass is 259 g/mol. The number of aliphatic hydroxyl groups excluding tert-OH is 1. The van der Waals surface area contributed by atoms with E-state index in [4.69, 9.17) is 21.1 Å². The molecule has 0 fully saturated rings. The number of carbonyl (C=O) groups excluding carboxylic acids is 1. The fourth-order valence-corrected chi connectivity index (χ4v) is 2.08. The van der Waals surface area contributed by atoms with E-state index in [0.29, 0.717) is 12.1 Å². The first-order valence-electron chi connectivity index (χ1n) is 5.80. The molecular weight excluding hydrogens is 242 g/mol. The lowest BCUT2D eigenvalue weighted by atomic mass is 10.1. The molecule has 0 aliphatic heterocycles. The van der Waals surface area contributed by atoms with E-state index in [0.717, 1.165) is 12.8 Å². The van der Waals surface area contributed by atoms with Gasteiger partial charge >= 0.3 is 0 Å². The first-order chi connectivity index (χ1) is 8.15. The second kappa shape index (κ2) is 6.67. The Morgan fingerprint density at radius 1 is 1.53 bits per heavy atom. The Morgan fingerprint density at radius 3 is 2.59 bits per heavy atom. The van der Waals surface area contributed by atoms with Gasteiger partial charge < -0.3 is 14.4 Å². The van der Waals surface area contributed by atoms with Crippen molar-refractivity contribution in [2.75, 3.05) is 13.2 Å². The van der Waals surface area contributed by atoms with Crippen LogP contribution in [0, 0.1) is 0 Å². The van der Waals surface area contributed by atoms with Crippen LogP contribution in [0.2, 0.25) is 5.22 Å². The predicted molar refractivity (Wildman–Crippen MR) is 66.2 cm³/mol. The van der Waals surface area contributed by atoms with Crippen LogP contribution in [-0.2, 0) is 0 Å². The highest BCUT2D eigenvalue weighted by Gasteiger charge is 2.24. The van der Waals surface area contributed by atoms with Gasteiger partial charge in [-0.3, -0.25) is 4.79 Å². The Hall–Kier alpha value is -1.00. The van der Waals surface area contributed by atoms with E-state index in [1.807, 2.05) is 13.8 Å². The Bertz CT molecular complexity index is 360. The molecular formula is C12H18ClNO3. The van der Waals surface area contributed by atoms with Crippen LogP contribution < -0.4 is 0 Å². The van der Waals surface area contributed by atoms with E-state index in [-0.39, 0.29) is 23.8 Å². The molecule has 1 rings (SSSR count). The molecule has 1 aromatic rings. The minimum absolute atomic E-state index is 0.0578. The molecule has 0 spiro atoms. The fraction of sp³-hybridized carbons (Fsp3) is 0.583. The van der Waals surface area contributed by atoms with Crippen molar-refractivity contribution in [2.45, 2.75) is 32.7 Å². The highest BCUT2D eigenvalue weighted by atomic mass is 35.5. The SMILES string of the molecule is CCC(CC)N(CCO)C(=O)c1ccoc1Cl. The zero-order chi connectivity index (χ0) is 12.8. The lowest BCUT2D eigenvalue weighted by molar-refractivity contribution is 0.0622. The third kappa shape index (κ3) is 3.23. The maximum Gasteiger partial charge on any atom is 0.259 e. The minimum atomic E-state index is -0.188. The maximum absolute atomic E-state index is 12.2. The highest BCUT2D eigenvalue weighted by molar-refractivity contribution is 6.32. The average molecular weight is 260 g/mol. The van der Waals surface area contributed by atoms with E-state index >= 15 is 0 Å². The van der Waals surface area contributed by atoms with Crippen LogP contribution in [0.4, 0.5) is 0 Å². The number of hydrogen-bond acceptors (Lipinski definition) is 3. The van der Waals surface area contributed by atoms with Crippen molar-refractivity contribution in [3.63, 3.8) is 0 Å². The lowest BCUT2D eigenvalue weighted by Gasteiger charge is -2.29. The molecule has 0 atom stereocenters. The van der Waals surface area contributed by atoms with Crippen molar-refractivity contribution in [3.05, 3.63) is 23.1 Å². The quantitative estimate of drug-likeness (QED) is 0.854. The molecule has 0 radical (unpaired) electrons. The van der Waals surface area contributed by atoms with E-state index < -0.39 is 0 Å². The summed E-state index contributed by atoms with van der Waals surface area (Å²) in [5, 5.41) is 9.14. The van der Waals surface area contributed by atoms with Crippen molar-refractivity contribution >= 4 is 17.5 Å². The summed E-state index contributed by atoms with van der Waals surface area (Å²) in [6.07, 6.45) is 3.08. The summed E-state index contributed by atoms with van der Waals surface area (Å²) in [4.78, 5) is 13.9. The number of furan rings is 1. The molecule has 5 heteroatoms. The summed E-state index contributed by atoms with van der Waals surface area (Å²) >= 11 is 5.79. The molecule has 0 saturated carbocycles. The highest BCUT2D eigenvalue weighted by Crippen LogP contribution is 2.21. The molecule has 0 unspecified atom stereocenters. The fourth-order valence-electron chi connectivity index (χ4n) is 1.89. The Balaban J connectivity index is 2.91. The van der Waals surface area contributed by atoms with Gasteiger partial charge in [-0.15, -0.1) is 0 Å². The Kier molecular flexibility index (Phi) is 5.51. The third-order valence-electron chi connectivity index (χ3n) is 2.83. The van der Waals surface area contributed by atoms with Gasteiger partial charge in [0, 0.05) is 12.6 Å². The van der Waals surface area contributed by atoms with E-state index in [9.17, 15) is 4.79 Å². The largest absolute Gasteiger partial charge is 0.452 e. The van der Waals surface area contributed by atoms with Crippen molar-refractivity contribution in [3.8, 4) is 0 Å². The Labute approximate surface area is 106 Å². The number of halogens is 1. The molecule has 96 valence electrons. The lowest BCUT2D eigenvalue weighted by Crippen LogP contribution is -2.41. The third-order valence-corrected chi connectivity index (χ3v) is 3.13. The number of nitrogens with zero attached hydrogens (tertiary/aromatic N) is 1. The second-order valence-electron chi connectivity index (χ2n) is 3.80. The smallest absolute Gasteiger partial charge is 0.259 e. The van der Waals surface area contributed by atoms with Gasteiger partial charge in [-0.1, -0.05) is 13.8 Å². The molecule has 1 N–H and O–H groups in total. The molecule has 1 aromatic heterocycles. The van der Waals surface area contributed by atoms with Gasteiger partial charge in [0.1, 0.15) is 0 Å². The normalized spacial score (nSPS) is 10.9. The number of hydrogen-bond donors (Lipinski definition) is 1. The summed E-state index contributed by atoms with van der Waals surface area (Å²) in [7, 11) is 0. The zero-order valence-corrected chi connectivity index (χ0v) is 10.9. The summed E-state index contributed by atoms with van der Waals surface area (Å²) in [6.45, 7) is 4.29. The van der Waals surface area contributed by atoms with Crippen molar-refractivity contribution in [1.82, 2.24) is 4.90 Å². The van der Waals surface area contributed by atoms with E-state index in [2.05, 4.69) is 0 Å². The second-order valence-corrected chi connectivity index (χ2v) is 4.14. The minimum Gasteiger partial charge on any atom is -0.452 e. The van der Waals surface area contributed by atoms with Crippen molar-refractivity contribution in [2.24, 2.45) is 0 Å². The average Bonchev–Trinajstić information content (AvgIpc) is 2.75. The summed E-state index contributed by atoms with van der Waals surface area (Å²) in [5.41, 5.74) is 0.354. The maximum atomic E-state index is 12.2. The molecule has 4 nitrogen and oxygen atoms in total. The summed E-state index contributed by atoms with van der Waals surface area (Å²) in [5.74, 6) is -0.188. The zero-order valence-electron chi connectivity index (χ0n) is 10.1. The van der Waals surface area contributed by atoms with E-state index in [1.165, 1.54) is 6.26 Å². The van der Waals surface area contributed by atoms with Crippen LogP contribution in [0.3, 0.4) is 0 Å². The molecule has 17 heavy (non-hydrogen) atoms. The predicted octanol–water partition coefficient (Wildman–Crippen LogP) is 2.56. The molecule has 0 aliphatic carbocycles. The van der Waals surface area contributed by atoms with E-state index in [1.54, 1.807) is 11.0 Å². The standard InChI is InChI=1S/C12H18ClNO3/c1-3-9(4-2)14(6-7-15)12(16)10-5-8-17-11(10)13/h5,8-9,15H,3-4,6-7H2,1-2H3. The summed E-state index contributed by atoms with van der Waals surface area (Å²) in [6, 6.07) is 1.66. The number of aliphatic hydroxyl groups is 1. The van der Waals surface area contributed by atoms with Crippen LogP contribution in [-0.4, -0.2) is 35.1 Å². The first-order valence-corrected chi connectivity index (χ1v) is 6.18. The number of carbonyl (C=O) groups is 1. The van der Waals surface area contributed by atoms with Crippen LogP contribution in [0.25, 0.3) is 0 Å². The van der Waals surface area contributed by atoms with Gasteiger partial charge in [0.25, 0.3) is 5.91 Å². The van der Waals surface area contributed by atoms with Crippen LogP contribution in [0.5, 0.6) is 0 Å². The molecule has 0 aliphatic rings. The molecule has 0 saturated heterocycles. The first kappa shape index (κ1) is 14.1. The van der Waals surface area contributed by atoms with Gasteiger partial charge in [0.05, 0.1) is 18.4 Å². The Morgan fingerprint density at radius 2 is 2.18 bits per heavy atom. The van der Waals surface area contributed by atoms with Crippen molar-refractivity contribution < 1.29 is 14.3 Å². The van der Waals surface area contributed by atoms with Gasteiger partial charge in [0.15, 0.2) is 0 Å². The molecule has 1 heterocycles. The number of rotatable bonds is 6. The number of amides is 1. The van der Waals surface area contributed by atoms with Gasteiger partial charge in [0.2, 0.25) is 5.22 Å². The van der Waals surface area contributed by atoms with Crippen LogP contribution in [0.15, 0.2) is 16.7 Å². The van der Waals surface area contributed by atoms with Gasteiger partial charge in [-0.2, -0.15) is 0 Å². The van der Waals surface area contributed by atoms with Crippen LogP contribution in [0.1, 0.15) is 37.0 Å². The molecule has 0 bridgehead atoms. The summed E-state index contributed by atoms with van der Waals surface area (Å²) < 4.78 is 4.92. The van der Waals surface area contributed by atoms with Gasteiger partial charge in [-0.05, 0) is 30.5 Å². The topological polar surface area (TPSA) is 53.7 Å². The van der Waals surface area contributed by atoms with Crippen LogP contribution >= 0.6 is 11.6 Å². The molecule has 1 amide bonds. The van der Waals surface area contributed by atoms with Crippen molar-refractivity contribution in [1.29, 1.82) is 0 Å². The molecule has 0 aromatic carbocycles. The van der Waals surface area contributed by atoms with Gasteiger partial charge in [-0.25, -0.2) is 0 Å².